The molecule has 6 nitrogen and oxygen atoms in total. The van der Waals surface area contributed by atoms with Crippen molar-refractivity contribution in [2.24, 2.45) is 0 Å². The fourth-order valence-electron chi connectivity index (χ4n) is 1.53. The standard InChI is InChI=1S/C14H23NO5S/c1-3-5-10-19-15(20-11-6-4-2)13-8-7-9-14(12-13)21(16,17)18/h7-9,12H,3-6,10-11H2,1-2H3,(H,16,17,18). The summed E-state index contributed by atoms with van der Waals surface area (Å²) in [6.45, 7) is 5.03. The van der Waals surface area contributed by atoms with E-state index in [9.17, 15) is 8.42 Å². The van der Waals surface area contributed by atoms with Gasteiger partial charge in [-0.05, 0) is 31.0 Å². The van der Waals surface area contributed by atoms with Crippen LogP contribution >= 0.6 is 0 Å². The molecule has 1 N–H and O–H groups in total. The molecule has 120 valence electrons. The summed E-state index contributed by atoms with van der Waals surface area (Å²) in [6.07, 6.45) is 3.69. The lowest BCUT2D eigenvalue weighted by Gasteiger charge is -2.22. The Morgan fingerprint density at radius 2 is 1.67 bits per heavy atom. The average Bonchev–Trinajstić information content (AvgIpc) is 2.45. The van der Waals surface area contributed by atoms with Crippen molar-refractivity contribution in [1.29, 1.82) is 0 Å². The molecule has 1 rings (SSSR count). The molecule has 0 aliphatic carbocycles. The van der Waals surface area contributed by atoms with Gasteiger partial charge in [0.2, 0.25) is 0 Å². The molecule has 0 saturated heterocycles. The van der Waals surface area contributed by atoms with Gasteiger partial charge in [0.25, 0.3) is 10.1 Å². The van der Waals surface area contributed by atoms with Crippen LogP contribution in [0.4, 0.5) is 5.69 Å². The molecule has 0 fully saturated rings. The van der Waals surface area contributed by atoms with Gasteiger partial charge in [0.05, 0.1) is 23.8 Å². The molecule has 0 amide bonds. The Labute approximate surface area is 126 Å². The van der Waals surface area contributed by atoms with Gasteiger partial charge in [-0.25, -0.2) is 9.68 Å². The quantitative estimate of drug-likeness (QED) is 0.406. The van der Waals surface area contributed by atoms with Gasteiger partial charge in [0.15, 0.2) is 0 Å². The first-order chi connectivity index (χ1) is 9.99. The van der Waals surface area contributed by atoms with Gasteiger partial charge in [-0.1, -0.05) is 32.8 Å². The molecule has 0 aliphatic heterocycles. The zero-order valence-electron chi connectivity index (χ0n) is 12.5. The fourth-order valence-corrected chi connectivity index (χ4v) is 2.05. The van der Waals surface area contributed by atoms with Crippen molar-refractivity contribution in [2.75, 3.05) is 18.4 Å². The van der Waals surface area contributed by atoms with Crippen LogP contribution in [0, 0.1) is 0 Å². The molecule has 0 saturated carbocycles. The van der Waals surface area contributed by atoms with E-state index in [1.165, 1.54) is 23.4 Å². The Morgan fingerprint density at radius 1 is 1.10 bits per heavy atom. The summed E-state index contributed by atoms with van der Waals surface area (Å²) >= 11 is 0. The first-order valence-electron chi connectivity index (χ1n) is 7.12. The van der Waals surface area contributed by atoms with E-state index in [0.29, 0.717) is 18.9 Å². The van der Waals surface area contributed by atoms with Crippen molar-refractivity contribution in [3.63, 3.8) is 0 Å². The zero-order valence-corrected chi connectivity index (χ0v) is 13.3. The highest BCUT2D eigenvalue weighted by Crippen LogP contribution is 2.20. The summed E-state index contributed by atoms with van der Waals surface area (Å²) in [4.78, 5) is 10.8. The van der Waals surface area contributed by atoms with Gasteiger partial charge in [-0.2, -0.15) is 8.42 Å². The molecule has 0 radical (unpaired) electrons. The van der Waals surface area contributed by atoms with Crippen LogP contribution in [0.5, 0.6) is 0 Å². The smallest absolute Gasteiger partial charge is 0.282 e. The summed E-state index contributed by atoms with van der Waals surface area (Å²) < 4.78 is 31.5. The van der Waals surface area contributed by atoms with Crippen LogP contribution < -0.4 is 5.23 Å². The van der Waals surface area contributed by atoms with Crippen molar-refractivity contribution in [2.45, 2.75) is 44.4 Å². The number of hydrogen-bond acceptors (Lipinski definition) is 5. The molecule has 0 heterocycles. The van der Waals surface area contributed by atoms with Crippen molar-refractivity contribution in [1.82, 2.24) is 0 Å². The first-order valence-corrected chi connectivity index (χ1v) is 8.56. The SMILES string of the molecule is CCCCON(OCCCC)c1cccc(S(=O)(=O)O)c1. The second kappa shape index (κ2) is 8.99. The van der Waals surface area contributed by atoms with Crippen LogP contribution in [-0.2, 0) is 19.8 Å². The van der Waals surface area contributed by atoms with Gasteiger partial charge in [0.1, 0.15) is 0 Å². The summed E-state index contributed by atoms with van der Waals surface area (Å²) in [5, 5.41) is 1.22. The molecular formula is C14H23NO5S. The maximum atomic E-state index is 11.2. The minimum atomic E-state index is -4.25. The summed E-state index contributed by atoms with van der Waals surface area (Å²) in [5.41, 5.74) is 0.428. The van der Waals surface area contributed by atoms with Gasteiger partial charge < -0.3 is 0 Å². The van der Waals surface area contributed by atoms with E-state index in [-0.39, 0.29) is 4.90 Å². The van der Waals surface area contributed by atoms with Gasteiger partial charge >= 0.3 is 0 Å². The molecule has 0 spiro atoms. The van der Waals surface area contributed by atoms with Gasteiger partial charge in [0, 0.05) is 0 Å². The van der Waals surface area contributed by atoms with Crippen LogP contribution in [-0.4, -0.2) is 26.2 Å². The summed E-state index contributed by atoms with van der Waals surface area (Å²) in [5.74, 6) is 0. The van der Waals surface area contributed by atoms with E-state index in [0.717, 1.165) is 25.7 Å². The van der Waals surface area contributed by atoms with Crippen molar-refractivity contribution in [3.8, 4) is 0 Å². The minimum absolute atomic E-state index is 0.191. The molecule has 0 atom stereocenters. The van der Waals surface area contributed by atoms with E-state index in [4.69, 9.17) is 14.2 Å². The van der Waals surface area contributed by atoms with E-state index in [1.54, 1.807) is 6.07 Å². The number of unbranched alkanes of at least 4 members (excludes halogenated alkanes) is 2. The second-order valence-corrected chi connectivity index (χ2v) is 6.02. The monoisotopic (exact) mass is 317 g/mol. The normalized spacial score (nSPS) is 11.6. The Morgan fingerprint density at radius 3 is 2.14 bits per heavy atom. The van der Waals surface area contributed by atoms with Crippen LogP contribution in [0.3, 0.4) is 0 Å². The van der Waals surface area contributed by atoms with Crippen LogP contribution in [0.1, 0.15) is 39.5 Å². The third kappa shape index (κ3) is 6.43. The number of anilines is 1. The molecule has 21 heavy (non-hydrogen) atoms. The third-order valence-electron chi connectivity index (χ3n) is 2.74. The Balaban J connectivity index is 2.85. The van der Waals surface area contributed by atoms with Crippen molar-refractivity contribution < 1.29 is 22.6 Å². The van der Waals surface area contributed by atoms with Gasteiger partial charge in [-0.15, -0.1) is 5.23 Å². The van der Waals surface area contributed by atoms with Crippen molar-refractivity contribution >= 4 is 15.8 Å². The average molecular weight is 317 g/mol. The predicted octanol–water partition coefficient (Wildman–Crippen LogP) is 3.20. The molecular weight excluding hydrogens is 294 g/mol. The molecule has 0 aliphatic rings. The van der Waals surface area contributed by atoms with Crippen LogP contribution in [0.2, 0.25) is 0 Å². The zero-order chi connectivity index (χ0) is 15.7. The third-order valence-corrected chi connectivity index (χ3v) is 3.59. The predicted molar refractivity (Wildman–Crippen MR) is 80.5 cm³/mol. The molecule has 0 bridgehead atoms. The van der Waals surface area contributed by atoms with E-state index in [2.05, 4.69) is 0 Å². The Hall–Kier alpha value is -1.15. The van der Waals surface area contributed by atoms with Crippen LogP contribution in [0.25, 0.3) is 0 Å². The van der Waals surface area contributed by atoms with E-state index in [1.807, 2.05) is 13.8 Å². The van der Waals surface area contributed by atoms with E-state index < -0.39 is 10.1 Å². The van der Waals surface area contributed by atoms with Gasteiger partial charge in [-0.3, -0.25) is 4.55 Å². The fraction of sp³-hybridized carbons (Fsp3) is 0.571. The van der Waals surface area contributed by atoms with E-state index >= 15 is 0 Å². The number of hydrogen-bond donors (Lipinski definition) is 1. The Kier molecular flexibility index (Phi) is 7.66. The first kappa shape index (κ1) is 17.9. The molecule has 7 heteroatoms. The number of benzene rings is 1. The lowest BCUT2D eigenvalue weighted by Crippen LogP contribution is -2.25. The molecule has 0 aromatic heterocycles. The number of rotatable bonds is 10. The maximum absolute atomic E-state index is 11.2. The lowest BCUT2D eigenvalue weighted by atomic mass is 10.3. The van der Waals surface area contributed by atoms with Crippen molar-refractivity contribution in [3.05, 3.63) is 24.3 Å². The lowest BCUT2D eigenvalue weighted by molar-refractivity contribution is -0.0910. The maximum Gasteiger partial charge on any atom is 0.294 e. The topological polar surface area (TPSA) is 76.1 Å². The highest BCUT2D eigenvalue weighted by Gasteiger charge is 2.14. The summed E-state index contributed by atoms with van der Waals surface area (Å²) in [6, 6.07) is 5.81. The van der Waals surface area contributed by atoms with Crippen LogP contribution in [0.15, 0.2) is 29.2 Å². The molecule has 1 aromatic rings. The highest BCUT2D eigenvalue weighted by atomic mass is 32.2. The number of nitrogens with zero attached hydrogens (tertiary/aromatic N) is 1. The largest absolute Gasteiger partial charge is 0.294 e. The Bertz CT molecular complexity index is 508. The molecule has 0 unspecified atom stereocenters. The highest BCUT2D eigenvalue weighted by molar-refractivity contribution is 7.85. The minimum Gasteiger partial charge on any atom is -0.282 e. The second-order valence-electron chi connectivity index (χ2n) is 4.60. The molecule has 1 aromatic carbocycles. The summed E-state index contributed by atoms with van der Waals surface area (Å²) in [7, 11) is -4.25.